The van der Waals surface area contributed by atoms with Crippen molar-refractivity contribution in [3.8, 4) is 5.75 Å². The number of rotatable bonds is 7. The number of carbonyl (C=O) groups excluding carboxylic acids is 3. The summed E-state index contributed by atoms with van der Waals surface area (Å²) in [5.41, 5.74) is 2.12. The van der Waals surface area contributed by atoms with E-state index in [-0.39, 0.29) is 35.3 Å². The van der Waals surface area contributed by atoms with Crippen LogP contribution in [0.1, 0.15) is 41.3 Å². The highest BCUT2D eigenvalue weighted by molar-refractivity contribution is 6.19. The summed E-state index contributed by atoms with van der Waals surface area (Å²) in [4.78, 5) is 47.6. The second kappa shape index (κ2) is 13.0. The van der Waals surface area contributed by atoms with Crippen LogP contribution in [0, 0.1) is 0 Å². The Balaban J connectivity index is 0.000000187. The molecule has 8 heteroatoms. The van der Waals surface area contributed by atoms with Crippen molar-refractivity contribution < 1.29 is 33.0 Å². The van der Waals surface area contributed by atoms with Crippen molar-refractivity contribution in [3.05, 3.63) is 148 Å². The third-order valence-corrected chi connectivity index (χ3v) is 7.64. The van der Waals surface area contributed by atoms with Crippen LogP contribution < -0.4 is 10.4 Å². The fourth-order valence-corrected chi connectivity index (χ4v) is 5.20. The van der Waals surface area contributed by atoms with E-state index >= 15 is 0 Å². The number of hydrogen-bond donors (Lipinski definition) is 0. The molecule has 0 fully saturated rings. The number of fused-ring (bicyclic) bond motifs is 2. The molecular weight excluding hydrogens is 572 g/mol. The van der Waals surface area contributed by atoms with Crippen LogP contribution >= 0.6 is 0 Å². The summed E-state index contributed by atoms with van der Waals surface area (Å²) in [7, 11) is 1.37. The van der Waals surface area contributed by atoms with Gasteiger partial charge in [-0.1, -0.05) is 54.6 Å². The maximum absolute atomic E-state index is 12.4. The monoisotopic (exact) mass is 604 g/mol. The Bertz CT molecular complexity index is 1880. The Labute approximate surface area is 260 Å². The molecule has 2 heterocycles. The fraction of sp³-hybridized carbons (Fsp3) is 0.189. The molecule has 228 valence electrons. The molecule has 8 nitrogen and oxygen atoms in total. The molecule has 1 aromatic heterocycles. The molecule has 0 radical (unpaired) electrons. The third kappa shape index (κ3) is 6.86. The lowest BCUT2D eigenvalue weighted by Crippen LogP contribution is -2.43. The average molecular weight is 605 g/mol. The smallest absolute Gasteiger partial charge is 0.338 e. The summed E-state index contributed by atoms with van der Waals surface area (Å²) in [6, 6.07) is 25.2. The summed E-state index contributed by atoms with van der Waals surface area (Å²) < 4.78 is 21.8. The molecule has 3 aromatic carbocycles. The minimum Gasteiger partial charge on any atom is -0.493 e. The van der Waals surface area contributed by atoms with E-state index in [9.17, 15) is 19.2 Å². The highest BCUT2D eigenvalue weighted by Crippen LogP contribution is 2.37. The Hall–Kier alpha value is -5.50. The molecule has 2 unspecified atom stereocenters. The first-order chi connectivity index (χ1) is 21.6. The van der Waals surface area contributed by atoms with Gasteiger partial charge < -0.3 is 18.6 Å². The van der Waals surface area contributed by atoms with Gasteiger partial charge in [0.05, 0.1) is 12.7 Å². The van der Waals surface area contributed by atoms with Crippen molar-refractivity contribution in [1.29, 1.82) is 0 Å². The molecule has 0 saturated heterocycles. The maximum Gasteiger partial charge on any atom is 0.338 e. The molecule has 0 bridgehead atoms. The molecule has 1 aliphatic heterocycles. The molecule has 1 aliphatic carbocycles. The molecule has 4 aromatic rings. The van der Waals surface area contributed by atoms with Gasteiger partial charge in [-0.2, -0.15) is 0 Å². The van der Waals surface area contributed by atoms with E-state index in [1.165, 1.54) is 25.3 Å². The maximum atomic E-state index is 12.4. The lowest BCUT2D eigenvalue weighted by Gasteiger charge is -2.30. The molecule has 0 amide bonds. The number of benzene rings is 3. The Morgan fingerprint density at radius 1 is 0.933 bits per heavy atom. The number of esters is 1. The predicted octanol–water partition coefficient (Wildman–Crippen LogP) is 6.30. The SMILES string of the molecule is C=CC(C1=CC(=O)C(OC)=CC1=O)c1ccccc1.CC(C)(OC(=O)c1ccccc1)C1Cc2cc3ccc(=O)oc3cc2O1. The van der Waals surface area contributed by atoms with Gasteiger partial charge in [-0.25, -0.2) is 9.59 Å². The van der Waals surface area contributed by atoms with E-state index in [0.29, 0.717) is 28.9 Å². The minimum atomic E-state index is -0.820. The zero-order valence-corrected chi connectivity index (χ0v) is 25.1. The van der Waals surface area contributed by atoms with Gasteiger partial charge >= 0.3 is 11.6 Å². The Morgan fingerprint density at radius 2 is 1.62 bits per heavy atom. The van der Waals surface area contributed by atoms with Crippen molar-refractivity contribution >= 4 is 28.5 Å². The van der Waals surface area contributed by atoms with Gasteiger partial charge in [-0.05, 0) is 55.3 Å². The van der Waals surface area contributed by atoms with E-state index in [0.717, 1.165) is 16.5 Å². The van der Waals surface area contributed by atoms with Gasteiger partial charge in [0.15, 0.2) is 11.5 Å². The largest absolute Gasteiger partial charge is 0.493 e. The first kappa shape index (κ1) is 30.9. The van der Waals surface area contributed by atoms with Crippen molar-refractivity contribution in [2.75, 3.05) is 7.11 Å². The van der Waals surface area contributed by atoms with E-state index in [1.807, 2.05) is 56.3 Å². The van der Waals surface area contributed by atoms with Gasteiger partial charge in [0.1, 0.15) is 23.0 Å². The van der Waals surface area contributed by atoms with Crippen molar-refractivity contribution in [3.63, 3.8) is 0 Å². The first-order valence-corrected chi connectivity index (χ1v) is 14.3. The summed E-state index contributed by atoms with van der Waals surface area (Å²) in [5.74, 6) is -0.450. The third-order valence-electron chi connectivity index (χ3n) is 7.64. The van der Waals surface area contributed by atoms with Crippen LogP contribution in [0.2, 0.25) is 0 Å². The van der Waals surface area contributed by atoms with E-state index in [2.05, 4.69) is 6.58 Å². The Morgan fingerprint density at radius 3 is 2.29 bits per heavy atom. The van der Waals surface area contributed by atoms with Gasteiger partial charge in [0.25, 0.3) is 0 Å². The Kier molecular flexibility index (Phi) is 8.95. The number of carbonyl (C=O) groups is 3. The predicted molar refractivity (Wildman–Crippen MR) is 169 cm³/mol. The van der Waals surface area contributed by atoms with Crippen LogP contribution in [0.25, 0.3) is 11.0 Å². The van der Waals surface area contributed by atoms with Crippen molar-refractivity contribution in [2.45, 2.75) is 37.9 Å². The van der Waals surface area contributed by atoms with Gasteiger partial charge in [0, 0.05) is 41.5 Å². The fourth-order valence-electron chi connectivity index (χ4n) is 5.20. The number of allylic oxidation sites excluding steroid dienone is 4. The van der Waals surface area contributed by atoms with Crippen LogP contribution in [-0.4, -0.2) is 36.4 Å². The van der Waals surface area contributed by atoms with Crippen LogP contribution in [0.5, 0.6) is 5.75 Å². The zero-order valence-electron chi connectivity index (χ0n) is 25.1. The lowest BCUT2D eigenvalue weighted by molar-refractivity contribution is -0.117. The quantitative estimate of drug-likeness (QED) is 0.105. The average Bonchev–Trinajstić information content (AvgIpc) is 3.47. The van der Waals surface area contributed by atoms with Crippen LogP contribution in [0.4, 0.5) is 0 Å². The summed E-state index contributed by atoms with van der Waals surface area (Å²) >= 11 is 0. The molecule has 0 N–H and O–H groups in total. The normalized spacial score (nSPS) is 16.3. The molecule has 45 heavy (non-hydrogen) atoms. The summed E-state index contributed by atoms with van der Waals surface area (Å²) in [6.45, 7) is 7.43. The second-order valence-corrected chi connectivity index (χ2v) is 11.1. The highest BCUT2D eigenvalue weighted by Gasteiger charge is 2.40. The van der Waals surface area contributed by atoms with Crippen molar-refractivity contribution in [1.82, 2.24) is 0 Å². The summed E-state index contributed by atoms with van der Waals surface area (Å²) in [6.07, 6.45) is 4.52. The second-order valence-electron chi connectivity index (χ2n) is 11.1. The number of hydrogen-bond acceptors (Lipinski definition) is 8. The van der Waals surface area contributed by atoms with Crippen LogP contribution in [0.3, 0.4) is 0 Å². The van der Waals surface area contributed by atoms with Crippen molar-refractivity contribution in [2.24, 2.45) is 0 Å². The number of ketones is 2. The molecule has 6 rings (SSSR count). The number of ether oxygens (including phenoxy) is 3. The zero-order chi connectivity index (χ0) is 32.1. The van der Waals surface area contributed by atoms with Crippen LogP contribution in [0.15, 0.2) is 130 Å². The first-order valence-electron chi connectivity index (χ1n) is 14.3. The van der Waals surface area contributed by atoms with Gasteiger partial charge in [-0.15, -0.1) is 6.58 Å². The highest BCUT2D eigenvalue weighted by atomic mass is 16.6. The van der Waals surface area contributed by atoms with E-state index < -0.39 is 11.2 Å². The topological polar surface area (TPSA) is 109 Å². The van der Waals surface area contributed by atoms with Crippen LogP contribution in [-0.2, 0) is 25.5 Å². The molecule has 0 spiro atoms. The van der Waals surface area contributed by atoms with E-state index in [1.54, 1.807) is 42.5 Å². The standard InChI is InChI=1S/C21H18O5.C16H14O3/c1-21(2,26-20(23)13-6-4-3-5-7-13)18-11-15-10-14-8-9-19(22)25-16(14)12-17(15)24-18;1-3-12(11-7-5-4-6-8-11)13-9-15(18)16(19-2)10-14(13)17/h3-10,12,18H,11H2,1-2H3;3-10,12H,1H2,2H3. The molecule has 0 saturated carbocycles. The molecule has 2 aliphatic rings. The minimum absolute atomic E-state index is 0.0737. The van der Waals surface area contributed by atoms with Gasteiger partial charge in [-0.3, -0.25) is 9.59 Å². The van der Waals surface area contributed by atoms with E-state index in [4.69, 9.17) is 18.6 Å². The lowest BCUT2D eigenvalue weighted by atomic mass is 9.85. The van der Waals surface area contributed by atoms with Gasteiger partial charge in [0.2, 0.25) is 5.78 Å². The molecular formula is C37H32O8. The summed E-state index contributed by atoms with van der Waals surface area (Å²) in [5, 5.41) is 0.840. The number of methoxy groups -OCH3 is 1. The molecule has 2 atom stereocenters.